The van der Waals surface area contributed by atoms with Crippen molar-refractivity contribution < 1.29 is 14.3 Å². The van der Waals surface area contributed by atoms with Crippen molar-refractivity contribution in [1.82, 2.24) is 25.3 Å². The van der Waals surface area contributed by atoms with Crippen LogP contribution in [-0.4, -0.2) is 40.1 Å². The highest BCUT2D eigenvalue weighted by atomic mass is 16.5. The first-order valence-electron chi connectivity index (χ1n) is 11.1. The van der Waals surface area contributed by atoms with E-state index in [0.717, 1.165) is 33.9 Å². The third-order valence-corrected chi connectivity index (χ3v) is 5.31. The molecule has 4 aromatic rings. The fraction of sp³-hybridized carbons (Fsp3) is 0.231. The number of aryl methyl sites for hydroxylation is 2. The van der Waals surface area contributed by atoms with E-state index in [-0.39, 0.29) is 12.5 Å². The molecule has 0 aliphatic carbocycles. The summed E-state index contributed by atoms with van der Waals surface area (Å²) in [6.45, 7) is 4.78. The van der Waals surface area contributed by atoms with E-state index in [1.54, 1.807) is 37.2 Å². The van der Waals surface area contributed by atoms with Gasteiger partial charge >= 0.3 is 0 Å². The predicted molar refractivity (Wildman–Crippen MR) is 133 cm³/mol. The monoisotopic (exact) mass is 472 g/mol. The van der Waals surface area contributed by atoms with Crippen molar-refractivity contribution in [2.45, 2.75) is 26.9 Å². The van der Waals surface area contributed by atoms with Gasteiger partial charge < -0.3 is 20.1 Å². The number of benzene rings is 2. The van der Waals surface area contributed by atoms with E-state index >= 15 is 0 Å². The lowest BCUT2D eigenvalue weighted by molar-refractivity contribution is 0.0951. The van der Waals surface area contributed by atoms with Crippen LogP contribution in [0.2, 0.25) is 0 Å². The molecule has 0 aliphatic heterocycles. The van der Waals surface area contributed by atoms with Gasteiger partial charge in [-0.3, -0.25) is 4.79 Å². The summed E-state index contributed by atoms with van der Waals surface area (Å²) in [6, 6.07) is 15.2. The lowest BCUT2D eigenvalue weighted by Gasteiger charge is -2.12. The Labute approximate surface area is 204 Å². The van der Waals surface area contributed by atoms with Crippen molar-refractivity contribution in [1.29, 1.82) is 0 Å². The molecule has 0 atom stereocenters. The number of nitrogens with zero attached hydrogens (tertiary/aromatic N) is 4. The first-order chi connectivity index (χ1) is 16.9. The SMILES string of the molecule is COc1cc(C)cc(Cn2cc(CNC(=O)c3cccnc3Nc3cc(C)cc(OC)c3)nn2)c1. The molecule has 0 unspecified atom stereocenters. The van der Waals surface area contributed by atoms with Crippen LogP contribution in [0.1, 0.15) is 32.7 Å². The quantitative estimate of drug-likeness (QED) is 0.379. The summed E-state index contributed by atoms with van der Waals surface area (Å²) in [5, 5.41) is 14.5. The average molecular weight is 473 g/mol. The maximum absolute atomic E-state index is 12.9. The number of anilines is 2. The van der Waals surface area contributed by atoms with Crippen LogP contribution in [0.25, 0.3) is 0 Å². The Hall–Kier alpha value is -4.40. The molecule has 2 aromatic carbocycles. The second kappa shape index (κ2) is 10.7. The van der Waals surface area contributed by atoms with E-state index in [4.69, 9.17) is 9.47 Å². The van der Waals surface area contributed by atoms with Crippen molar-refractivity contribution >= 4 is 17.4 Å². The second-order valence-corrected chi connectivity index (χ2v) is 8.21. The molecule has 2 N–H and O–H groups in total. The summed E-state index contributed by atoms with van der Waals surface area (Å²) in [5.74, 6) is 1.71. The molecule has 2 aromatic heterocycles. The number of hydrogen-bond donors (Lipinski definition) is 2. The van der Waals surface area contributed by atoms with E-state index in [1.165, 1.54) is 0 Å². The van der Waals surface area contributed by atoms with Gasteiger partial charge in [-0.2, -0.15) is 0 Å². The fourth-order valence-corrected chi connectivity index (χ4v) is 3.75. The van der Waals surface area contributed by atoms with Crippen LogP contribution in [0.4, 0.5) is 11.5 Å². The number of nitrogens with one attached hydrogen (secondary N) is 2. The number of carbonyl (C=O) groups is 1. The lowest BCUT2D eigenvalue weighted by atomic mass is 10.1. The molecule has 0 fully saturated rings. The zero-order valence-electron chi connectivity index (χ0n) is 20.2. The molecule has 180 valence electrons. The van der Waals surface area contributed by atoms with E-state index in [0.29, 0.717) is 23.6 Å². The summed E-state index contributed by atoms with van der Waals surface area (Å²) in [6.07, 6.45) is 3.45. The van der Waals surface area contributed by atoms with Crippen molar-refractivity contribution in [2.24, 2.45) is 0 Å². The molecule has 35 heavy (non-hydrogen) atoms. The number of methoxy groups -OCH3 is 2. The van der Waals surface area contributed by atoms with Crippen LogP contribution in [-0.2, 0) is 13.1 Å². The summed E-state index contributed by atoms with van der Waals surface area (Å²) in [5.41, 5.74) is 5.05. The summed E-state index contributed by atoms with van der Waals surface area (Å²) in [4.78, 5) is 17.3. The first-order valence-corrected chi connectivity index (χ1v) is 11.1. The number of ether oxygens (including phenoxy) is 2. The molecule has 9 nitrogen and oxygen atoms in total. The number of hydrogen-bond acceptors (Lipinski definition) is 7. The van der Waals surface area contributed by atoms with E-state index in [9.17, 15) is 4.79 Å². The molecule has 0 aliphatic rings. The standard InChI is InChI=1S/C26H28N6O3/c1-17-8-19(12-22(10-17)34-3)15-32-16-21(30-31-32)14-28-26(33)24-6-5-7-27-25(24)29-20-9-18(2)11-23(13-20)35-4/h5-13,16H,14-15H2,1-4H3,(H,27,29)(H,28,33). The van der Waals surface area contributed by atoms with Gasteiger partial charge in [-0.15, -0.1) is 5.10 Å². The minimum atomic E-state index is -0.266. The Kier molecular flexibility index (Phi) is 7.25. The van der Waals surface area contributed by atoms with Gasteiger partial charge in [0.1, 0.15) is 23.0 Å². The first kappa shape index (κ1) is 23.7. The number of carbonyl (C=O) groups excluding carboxylic acids is 1. The highest BCUT2D eigenvalue weighted by molar-refractivity contribution is 5.99. The largest absolute Gasteiger partial charge is 0.497 e. The average Bonchev–Trinajstić information content (AvgIpc) is 3.29. The molecule has 0 bridgehead atoms. The topological polar surface area (TPSA) is 103 Å². The van der Waals surface area contributed by atoms with Gasteiger partial charge in [-0.05, 0) is 66.9 Å². The third kappa shape index (κ3) is 6.14. The molecule has 0 spiro atoms. The summed E-state index contributed by atoms with van der Waals surface area (Å²) >= 11 is 0. The Morgan fingerprint density at radius 3 is 2.51 bits per heavy atom. The lowest BCUT2D eigenvalue weighted by Crippen LogP contribution is -2.24. The molecule has 0 saturated heterocycles. The Balaban J connectivity index is 1.41. The van der Waals surface area contributed by atoms with Crippen molar-refractivity contribution in [3.8, 4) is 11.5 Å². The highest BCUT2D eigenvalue weighted by Crippen LogP contribution is 2.24. The molecular formula is C26H28N6O3. The predicted octanol–water partition coefficient (Wildman–Crippen LogP) is 4.03. The van der Waals surface area contributed by atoms with Gasteiger partial charge in [-0.25, -0.2) is 9.67 Å². The van der Waals surface area contributed by atoms with Gasteiger partial charge in [0, 0.05) is 18.0 Å². The highest BCUT2D eigenvalue weighted by Gasteiger charge is 2.14. The van der Waals surface area contributed by atoms with E-state index < -0.39 is 0 Å². The summed E-state index contributed by atoms with van der Waals surface area (Å²) in [7, 11) is 3.27. The zero-order chi connectivity index (χ0) is 24.8. The Morgan fingerprint density at radius 2 is 1.74 bits per heavy atom. The Morgan fingerprint density at radius 1 is 1.00 bits per heavy atom. The van der Waals surface area contributed by atoms with E-state index in [1.807, 2.05) is 50.4 Å². The van der Waals surface area contributed by atoms with Crippen LogP contribution in [0, 0.1) is 13.8 Å². The van der Waals surface area contributed by atoms with Crippen LogP contribution in [0.3, 0.4) is 0 Å². The van der Waals surface area contributed by atoms with Crippen molar-refractivity contribution in [2.75, 3.05) is 19.5 Å². The smallest absolute Gasteiger partial charge is 0.255 e. The summed E-state index contributed by atoms with van der Waals surface area (Å²) < 4.78 is 12.4. The van der Waals surface area contributed by atoms with Crippen LogP contribution in [0.15, 0.2) is 60.9 Å². The molecular weight excluding hydrogens is 444 g/mol. The number of amides is 1. The minimum Gasteiger partial charge on any atom is -0.497 e. The maximum atomic E-state index is 12.9. The molecule has 2 heterocycles. The molecule has 4 rings (SSSR count). The third-order valence-electron chi connectivity index (χ3n) is 5.31. The molecule has 9 heteroatoms. The second-order valence-electron chi connectivity index (χ2n) is 8.21. The van der Waals surface area contributed by atoms with Gasteiger partial charge in [0.05, 0.1) is 39.1 Å². The molecule has 0 saturated carbocycles. The number of pyridine rings is 1. The van der Waals surface area contributed by atoms with E-state index in [2.05, 4.69) is 32.0 Å². The molecule has 1 amide bonds. The van der Waals surface area contributed by atoms with Gasteiger partial charge in [0.2, 0.25) is 0 Å². The van der Waals surface area contributed by atoms with Gasteiger partial charge in [0.25, 0.3) is 5.91 Å². The van der Waals surface area contributed by atoms with Crippen molar-refractivity contribution in [3.63, 3.8) is 0 Å². The zero-order valence-corrected chi connectivity index (χ0v) is 20.2. The van der Waals surface area contributed by atoms with Gasteiger partial charge in [0.15, 0.2) is 0 Å². The van der Waals surface area contributed by atoms with Crippen LogP contribution in [0.5, 0.6) is 11.5 Å². The van der Waals surface area contributed by atoms with Crippen molar-refractivity contribution in [3.05, 3.63) is 88.9 Å². The normalized spacial score (nSPS) is 10.6. The van der Waals surface area contributed by atoms with Crippen LogP contribution >= 0.6 is 0 Å². The Bertz CT molecular complexity index is 1330. The number of aromatic nitrogens is 4. The van der Waals surface area contributed by atoms with Crippen LogP contribution < -0.4 is 20.1 Å². The molecule has 0 radical (unpaired) electrons. The van der Waals surface area contributed by atoms with Gasteiger partial charge in [-0.1, -0.05) is 11.3 Å². The fourth-order valence-electron chi connectivity index (χ4n) is 3.75. The number of rotatable bonds is 9. The maximum Gasteiger partial charge on any atom is 0.255 e. The minimum absolute atomic E-state index is 0.239.